The first-order chi connectivity index (χ1) is 12.4. The summed E-state index contributed by atoms with van der Waals surface area (Å²) in [6.07, 6.45) is 0. The Hall–Kier alpha value is -2.67. The van der Waals surface area contributed by atoms with Gasteiger partial charge in [0.15, 0.2) is 17.4 Å². The van der Waals surface area contributed by atoms with Crippen molar-refractivity contribution in [3.63, 3.8) is 0 Å². The fourth-order valence-electron chi connectivity index (χ4n) is 2.41. The van der Waals surface area contributed by atoms with Gasteiger partial charge in [-0.1, -0.05) is 30.3 Å². The van der Waals surface area contributed by atoms with Crippen molar-refractivity contribution in [3.05, 3.63) is 59.7 Å². The number of ether oxygens (including phenoxy) is 1. The summed E-state index contributed by atoms with van der Waals surface area (Å²) in [6, 6.07) is 11.2. The largest absolute Gasteiger partial charge is 0.491 e. The minimum atomic E-state index is -0.870. The molecule has 2 aromatic carbocycles. The van der Waals surface area contributed by atoms with Crippen LogP contribution < -0.4 is 10.1 Å². The van der Waals surface area contributed by atoms with Gasteiger partial charge in [-0.05, 0) is 19.7 Å². The van der Waals surface area contributed by atoms with Crippen LogP contribution in [0.5, 0.6) is 5.75 Å². The van der Waals surface area contributed by atoms with E-state index < -0.39 is 23.4 Å². The fourth-order valence-corrected chi connectivity index (χ4v) is 2.41. The second-order valence-corrected chi connectivity index (χ2v) is 6.11. The van der Waals surface area contributed by atoms with E-state index in [0.717, 1.165) is 17.7 Å². The average molecular weight is 363 g/mol. The molecule has 0 atom stereocenters. The van der Waals surface area contributed by atoms with Crippen molar-refractivity contribution in [1.82, 2.24) is 9.80 Å². The van der Waals surface area contributed by atoms with Crippen molar-refractivity contribution >= 4 is 11.7 Å². The summed E-state index contributed by atoms with van der Waals surface area (Å²) in [7, 11) is 5.00. The lowest BCUT2D eigenvalue weighted by molar-refractivity contribution is 0.202. The maximum atomic E-state index is 13.8. The zero-order chi connectivity index (χ0) is 19.1. The number of halogens is 2. The molecule has 0 unspecified atom stereocenters. The van der Waals surface area contributed by atoms with Crippen molar-refractivity contribution in [2.75, 3.05) is 39.6 Å². The number of benzene rings is 2. The van der Waals surface area contributed by atoms with Crippen molar-refractivity contribution < 1.29 is 18.3 Å². The number of hydrogen-bond donors (Lipinski definition) is 1. The number of rotatable bonds is 7. The molecular weight excluding hydrogens is 340 g/mol. The van der Waals surface area contributed by atoms with E-state index in [2.05, 4.69) is 10.1 Å². The maximum Gasteiger partial charge on any atom is 0.322 e. The first kappa shape index (κ1) is 19.7. The average Bonchev–Trinajstić information content (AvgIpc) is 2.59. The molecule has 2 rings (SSSR count). The van der Waals surface area contributed by atoms with Crippen LogP contribution in [0.25, 0.3) is 0 Å². The van der Waals surface area contributed by atoms with Gasteiger partial charge < -0.3 is 19.9 Å². The van der Waals surface area contributed by atoms with E-state index in [1.807, 2.05) is 49.3 Å². The number of amides is 2. The molecule has 7 heteroatoms. The third-order valence-corrected chi connectivity index (χ3v) is 3.77. The van der Waals surface area contributed by atoms with Crippen LogP contribution in [0, 0.1) is 11.6 Å². The van der Waals surface area contributed by atoms with Crippen LogP contribution in [0.3, 0.4) is 0 Å². The predicted octanol–water partition coefficient (Wildman–Crippen LogP) is 3.57. The van der Waals surface area contributed by atoms with Gasteiger partial charge >= 0.3 is 6.03 Å². The number of hydrogen-bond acceptors (Lipinski definition) is 3. The lowest BCUT2D eigenvalue weighted by atomic mass is 10.2. The van der Waals surface area contributed by atoms with Crippen LogP contribution in [0.15, 0.2) is 42.5 Å². The highest BCUT2D eigenvalue weighted by molar-refractivity contribution is 5.89. The molecule has 2 amide bonds. The molecule has 0 heterocycles. The van der Waals surface area contributed by atoms with E-state index in [1.54, 1.807) is 4.90 Å². The van der Waals surface area contributed by atoms with Crippen LogP contribution in [-0.2, 0) is 6.54 Å². The maximum absolute atomic E-state index is 13.8. The molecule has 0 aliphatic heterocycles. The standard InChI is InChI=1S/C19H23F2N3O2/c1-23(2)9-10-24(13-14-7-5-4-6-8-14)19(25)22-15-11-16(20)18(26-3)17(21)12-15/h4-8,11-12H,9-10,13H2,1-3H3,(H,22,25). The zero-order valence-electron chi connectivity index (χ0n) is 15.1. The highest BCUT2D eigenvalue weighted by Crippen LogP contribution is 2.25. The Bertz CT molecular complexity index is 716. The number of carbonyl (C=O) groups excluding carboxylic acids is 1. The summed E-state index contributed by atoms with van der Waals surface area (Å²) in [5, 5.41) is 2.55. The zero-order valence-corrected chi connectivity index (χ0v) is 15.1. The van der Waals surface area contributed by atoms with Gasteiger partial charge in [-0.15, -0.1) is 0 Å². The molecule has 0 aromatic heterocycles. The molecule has 26 heavy (non-hydrogen) atoms. The number of nitrogens with one attached hydrogen (secondary N) is 1. The van der Waals surface area contributed by atoms with Gasteiger partial charge in [0.1, 0.15) is 0 Å². The lowest BCUT2D eigenvalue weighted by Gasteiger charge is -2.25. The highest BCUT2D eigenvalue weighted by Gasteiger charge is 2.17. The molecule has 0 aliphatic rings. The van der Waals surface area contributed by atoms with Gasteiger partial charge in [0, 0.05) is 37.5 Å². The van der Waals surface area contributed by atoms with Gasteiger partial charge in [0.05, 0.1) is 7.11 Å². The molecule has 0 saturated heterocycles. The molecule has 0 bridgehead atoms. The normalized spacial score (nSPS) is 10.7. The quantitative estimate of drug-likeness (QED) is 0.818. The third kappa shape index (κ3) is 5.42. The van der Waals surface area contributed by atoms with Crippen molar-refractivity contribution in [2.24, 2.45) is 0 Å². The Morgan fingerprint density at radius 3 is 2.23 bits per heavy atom. The van der Waals surface area contributed by atoms with Crippen molar-refractivity contribution in [1.29, 1.82) is 0 Å². The Morgan fingerprint density at radius 2 is 1.69 bits per heavy atom. The van der Waals surface area contributed by atoms with E-state index in [9.17, 15) is 13.6 Å². The van der Waals surface area contributed by atoms with Crippen LogP contribution in [-0.4, -0.2) is 50.1 Å². The number of methoxy groups -OCH3 is 1. The number of anilines is 1. The molecule has 0 aliphatic carbocycles. The van der Waals surface area contributed by atoms with E-state index in [1.165, 1.54) is 7.11 Å². The van der Waals surface area contributed by atoms with E-state index in [4.69, 9.17) is 0 Å². The SMILES string of the molecule is COc1c(F)cc(NC(=O)N(CCN(C)C)Cc2ccccc2)cc1F. The monoisotopic (exact) mass is 363 g/mol. The van der Waals surface area contributed by atoms with Crippen LogP contribution in [0.2, 0.25) is 0 Å². The van der Waals surface area contributed by atoms with E-state index in [0.29, 0.717) is 19.6 Å². The number of carbonyl (C=O) groups is 1. The van der Waals surface area contributed by atoms with E-state index in [-0.39, 0.29) is 5.69 Å². The second kappa shape index (κ2) is 9.15. The van der Waals surface area contributed by atoms with Gasteiger partial charge in [0.2, 0.25) is 0 Å². The van der Waals surface area contributed by atoms with Crippen LogP contribution in [0.4, 0.5) is 19.3 Å². The lowest BCUT2D eigenvalue weighted by Crippen LogP contribution is -2.39. The summed E-state index contributed by atoms with van der Waals surface area (Å²) in [5.41, 5.74) is 1.00. The summed E-state index contributed by atoms with van der Waals surface area (Å²) < 4.78 is 32.3. The minimum Gasteiger partial charge on any atom is -0.491 e. The third-order valence-electron chi connectivity index (χ3n) is 3.77. The Kier molecular flexibility index (Phi) is 6.91. The topological polar surface area (TPSA) is 44.8 Å². The van der Waals surface area contributed by atoms with Gasteiger partial charge in [-0.2, -0.15) is 0 Å². The Labute approximate surface area is 152 Å². The Balaban J connectivity index is 2.15. The fraction of sp³-hybridized carbons (Fsp3) is 0.316. The molecule has 2 aromatic rings. The molecule has 1 N–H and O–H groups in total. The van der Waals surface area contributed by atoms with Crippen molar-refractivity contribution in [3.8, 4) is 5.75 Å². The number of nitrogens with zero attached hydrogens (tertiary/aromatic N) is 2. The number of urea groups is 1. The first-order valence-corrected chi connectivity index (χ1v) is 8.18. The summed E-state index contributed by atoms with van der Waals surface area (Å²) in [4.78, 5) is 16.2. The van der Waals surface area contributed by atoms with Gasteiger partial charge in [0.25, 0.3) is 0 Å². The highest BCUT2D eigenvalue weighted by atomic mass is 19.1. The van der Waals surface area contributed by atoms with Crippen LogP contribution >= 0.6 is 0 Å². The van der Waals surface area contributed by atoms with E-state index >= 15 is 0 Å². The molecular formula is C19H23F2N3O2. The van der Waals surface area contributed by atoms with Crippen LogP contribution in [0.1, 0.15) is 5.56 Å². The molecule has 0 saturated carbocycles. The molecule has 0 spiro atoms. The summed E-state index contributed by atoms with van der Waals surface area (Å²) >= 11 is 0. The summed E-state index contributed by atoms with van der Waals surface area (Å²) in [5.74, 6) is -2.21. The minimum absolute atomic E-state index is 0.0358. The summed E-state index contributed by atoms with van der Waals surface area (Å²) in [6.45, 7) is 1.52. The number of likely N-dealkylation sites (N-methyl/N-ethyl adjacent to an activating group) is 1. The molecule has 140 valence electrons. The molecule has 0 fully saturated rings. The first-order valence-electron chi connectivity index (χ1n) is 8.18. The van der Waals surface area contributed by atoms with Gasteiger partial charge in [-0.3, -0.25) is 0 Å². The predicted molar refractivity (Wildman–Crippen MR) is 97.3 cm³/mol. The molecule has 5 nitrogen and oxygen atoms in total. The van der Waals surface area contributed by atoms with Gasteiger partial charge in [-0.25, -0.2) is 13.6 Å². The second-order valence-electron chi connectivity index (χ2n) is 6.11. The van der Waals surface area contributed by atoms with Crippen molar-refractivity contribution in [2.45, 2.75) is 6.54 Å². The molecule has 0 radical (unpaired) electrons. The smallest absolute Gasteiger partial charge is 0.322 e. The Morgan fingerprint density at radius 1 is 1.08 bits per heavy atom.